The smallest absolute Gasteiger partial charge is 0.279 e. The molecule has 0 amide bonds. The van der Waals surface area contributed by atoms with Gasteiger partial charge in [-0.2, -0.15) is 0 Å². The number of allylic oxidation sites excluding steroid dienone is 1. The highest BCUT2D eigenvalue weighted by Gasteiger charge is 2.03. The van der Waals surface area contributed by atoms with Crippen molar-refractivity contribution in [3.05, 3.63) is 32.0 Å². The Morgan fingerprint density at radius 2 is 2.29 bits per heavy atom. The highest BCUT2D eigenvalue weighted by molar-refractivity contribution is 7.07. The van der Waals surface area contributed by atoms with Gasteiger partial charge in [-0.1, -0.05) is 31.3 Å². The van der Waals surface area contributed by atoms with Gasteiger partial charge in [-0.25, -0.2) is 4.99 Å². The highest BCUT2D eigenvalue weighted by atomic mass is 32.1. The van der Waals surface area contributed by atoms with Crippen LogP contribution in [-0.2, 0) is 6.54 Å². The molecule has 0 saturated carbocycles. The third-order valence-electron chi connectivity index (χ3n) is 1.75. The van der Waals surface area contributed by atoms with Crippen molar-refractivity contribution in [1.82, 2.24) is 4.57 Å². The molecule has 0 fully saturated rings. The van der Waals surface area contributed by atoms with Gasteiger partial charge < -0.3 is 0 Å². The van der Waals surface area contributed by atoms with Gasteiger partial charge in [-0.05, 0) is 13.0 Å². The lowest BCUT2D eigenvalue weighted by Gasteiger charge is -1.97. The molecule has 1 aliphatic heterocycles. The molecule has 76 valence electrons. The zero-order valence-corrected chi connectivity index (χ0v) is 9.47. The monoisotopic (exact) mass is 210 g/mol. The van der Waals surface area contributed by atoms with Crippen LogP contribution < -0.4 is 14.9 Å². The van der Waals surface area contributed by atoms with E-state index in [1.165, 1.54) is 11.3 Å². The quantitative estimate of drug-likeness (QED) is 0.626. The number of hydrogen-bond donors (Lipinski definition) is 0. The number of nitrogens with zero attached hydrogens (tertiary/aromatic N) is 2. The molecule has 0 bridgehead atoms. The Morgan fingerprint density at radius 1 is 1.57 bits per heavy atom. The molecular formula is C10H14N2OS. The normalized spacial score (nSPS) is 14.1. The van der Waals surface area contributed by atoms with Gasteiger partial charge in [-0.3, -0.25) is 9.36 Å². The van der Waals surface area contributed by atoms with Crippen LogP contribution >= 0.6 is 11.3 Å². The number of rotatable bonds is 0. The van der Waals surface area contributed by atoms with Crippen molar-refractivity contribution in [2.45, 2.75) is 27.3 Å². The number of thiazole rings is 1. The van der Waals surface area contributed by atoms with Gasteiger partial charge in [0.2, 0.25) is 0 Å². The van der Waals surface area contributed by atoms with Crippen LogP contribution in [0.1, 0.15) is 20.8 Å². The Labute approximate surface area is 86.7 Å². The van der Waals surface area contributed by atoms with Crippen molar-refractivity contribution < 1.29 is 0 Å². The van der Waals surface area contributed by atoms with E-state index in [0.717, 1.165) is 10.0 Å². The van der Waals surface area contributed by atoms with Crippen LogP contribution in [0.3, 0.4) is 0 Å². The summed E-state index contributed by atoms with van der Waals surface area (Å²) in [5, 5.41) is 0. The maximum Gasteiger partial charge on any atom is 0.309 e. The first-order valence-electron chi connectivity index (χ1n) is 4.72. The fourth-order valence-corrected chi connectivity index (χ4v) is 2.00. The highest BCUT2D eigenvalue weighted by Crippen LogP contribution is 1.85. The summed E-state index contributed by atoms with van der Waals surface area (Å²) in [6.45, 7) is 6.57. The zero-order chi connectivity index (χ0) is 10.6. The van der Waals surface area contributed by atoms with Crippen LogP contribution in [0.15, 0.2) is 22.1 Å². The summed E-state index contributed by atoms with van der Waals surface area (Å²) in [4.78, 5) is 15.5. The first-order valence-corrected chi connectivity index (χ1v) is 5.53. The molecule has 0 saturated heterocycles. The Kier molecular flexibility index (Phi) is 3.83. The fraction of sp³-hybridized carbons (Fsp3) is 0.400. The number of hydrogen-bond acceptors (Lipinski definition) is 3. The first kappa shape index (κ1) is 10.9. The lowest BCUT2D eigenvalue weighted by molar-refractivity contribution is 0.735. The summed E-state index contributed by atoms with van der Waals surface area (Å²) in [6, 6.07) is 0. The van der Waals surface area contributed by atoms with Gasteiger partial charge in [0.05, 0.1) is 4.53 Å². The van der Waals surface area contributed by atoms with Crippen molar-refractivity contribution in [2.24, 2.45) is 4.99 Å². The van der Waals surface area contributed by atoms with E-state index < -0.39 is 0 Å². The summed E-state index contributed by atoms with van der Waals surface area (Å²) < 4.78 is 2.64. The molecule has 0 spiro atoms. The predicted molar refractivity (Wildman–Crippen MR) is 60.0 cm³/mol. The summed E-state index contributed by atoms with van der Waals surface area (Å²) in [5.41, 5.74) is 0.801. The Morgan fingerprint density at radius 3 is 2.93 bits per heavy atom. The van der Waals surface area contributed by atoms with Crippen LogP contribution in [-0.4, -0.2) is 4.57 Å². The van der Waals surface area contributed by atoms with E-state index in [9.17, 15) is 4.79 Å². The van der Waals surface area contributed by atoms with Crippen molar-refractivity contribution in [1.29, 1.82) is 0 Å². The fourth-order valence-electron chi connectivity index (χ4n) is 1.17. The van der Waals surface area contributed by atoms with E-state index in [0.29, 0.717) is 6.54 Å². The first-order chi connectivity index (χ1) is 6.83. The summed E-state index contributed by atoms with van der Waals surface area (Å²) in [6.07, 6.45) is 5.54. The van der Waals surface area contributed by atoms with Crippen LogP contribution in [0.25, 0.3) is 6.08 Å². The van der Waals surface area contributed by atoms with Crippen LogP contribution in [0.4, 0.5) is 0 Å². The molecule has 14 heavy (non-hydrogen) atoms. The zero-order valence-electron chi connectivity index (χ0n) is 8.65. The van der Waals surface area contributed by atoms with Gasteiger partial charge in [0.1, 0.15) is 0 Å². The Hall–Kier alpha value is -1.16. The summed E-state index contributed by atoms with van der Waals surface area (Å²) in [7, 11) is 0. The van der Waals surface area contributed by atoms with Crippen molar-refractivity contribution in [3.63, 3.8) is 0 Å². The topological polar surface area (TPSA) is 34.4 Å². The third kappa shape index (κ3) is 1.85. The molecule has 0 N–H and O–H groups in total. The van der Waals surface area contributed by atoms with E-state index in [-0.39, 0.29) is 4.87 Å². The second kappa shape index (κ2) is 4.91. The van der Waals surface area contributed by atoms with Crippen LogP contribution in [0, 0.1) is 0 Å². The molecule has 0 atom stereocenters. The second-order valence-electron chi connectivity index (χ2n) is 2.47. The van der Waals surface area contributed by atoms with Gasteiger partial charge in [0, 0.05) is 12.7 Å². The van der Waals surface area contributed by atoms with Crippen molar-refractivity contribution in [2.75, 3.05) is 0 Å². The van der Waals surface area contributed by atoms with E-state index in [2.05, 4.69) is 4.99 Å². The molecule has 0 aliphatic carbocycles. The van der Waals surface area contributed by atoms with Crippen LogP contribution in [0.2, 0.25) is 0 Å². The van der Waals surface area contributed by atoms with E-state index in [1.54, 1.807) is 10.8 Å². The lowest BCUT2D eigenvalue weighted by Crippen LogP contribution is -2.33. The molecular weight excluding hydrogens is 196 g/mol. The molecule has 1 aromatic heterocycles. The molecule has 1 aliphatic rings. The number of fused-ring (bicyclic) bond motifs is 1. The van der Waals surface area contributed by atoms with Crippen LogP contribution in [0.5, 0.6) is 0 Å². The Balaban J connectivity index is 0.000000461. The molecule has 0 unspecified atom stereocenters. The maximum absolute atomic E-state index is 11.3. The third-order valence-corrected chi connectivity index (χ3v) is 2.78. The minimum Gasteiger partial charge on any atom is -0.279 e. The minimum absolute atomic E-state index is 0.0752. The SMILES string of the molecule is CC.CC=c1sc(=O)n2c1=NC=CC2. The number of aromatic nitrogens is 1. The summed E-state index contributed by atoms with van der Waals surface area (Å²) in [5.74, 6) is 0. The average molecular weight is 210 g/mol. The minimum atomic E-state index is 0.0752. The summed E-state index contributed by atoms with van der Waals surface area (Å²) >= 11 is 1.25. The molecule has 2 heterocycles. The lowest BCUT2D eigenvalue weighted by atomic mass is 10.5. The molecule has 1 aromatic rings. The van der Waals surface area contributed by atoms with Crippen molar-refractivity contribution in [3.8, 4) is 0 Å². The molecule has 3 nitrogen and oxygen atoms in total. The Bertz CT molecular complexity index is 493. The second-order valence-corrected chi connectivity index (χ2v) is 3.46. The molecule has 4 heteroatoms. The van der Waals surface area contributed by atoms with Crippen molar-refractivity contribution >= 4 is 17.4 Å². The standard InChI is InChI=1S/C8H8N2OS.C2H6/c1-2-6-7-9-4-3-5-10(7)8(11)12-6;1-2/h2-4H,5H2,1H3;1-2H3. The molecule has 2 rings (SSSR count). The van der Waals surface area contributed by atoms with Gasteiger partial charge in [-0.15, -0.1) is 0 Å². The molecule has 0 radical (unpaired) electrons. The van der Waals surface area contributed by atoms with Gasteiger partial charge in [0.25, 0.3) is 0 Å². The predicted octanol–water partition coefficient (Wildman–Crippen LogP) is 0.883. The van der Waals surface area contributed by atoms with E-state index in [4.69, 9.17) is 0 Å². The van der Waals surface area contributed by atoms with Gasteiger partial charge >= 0.3 is 4.87 Å². The largest absolute Gasteiger partial charge is 0.309 e. The molecule has 0 aromatic carbocycles. The van der Waals surface area contributed by atoms with E-state index >= 15 is 0 Å². The van der Waals surface area contributed by atoms with Gasteiger partial charge in [0.15, 0.2) is 5.49 Å². The average Bonchev–Trinajstić information content (AvgIpc) is 2.59. The maximum atomic E-state index is 11.3. The van der Waals surface area contributed by atoms with E-state index in [1.807, 2.05) is 32.9 Å².